The summed E-state index contributed by atoms with van der Waals surface area (Å²) in [5.41, 5.74) is 2.77. The average Bonchev–Trinajstić information content (AvgIpc) is 3.48. The van der Waals surface area contributed by atoms with E-state index < -0.39 is 0 Å². The molecule has 4 rings (SSSR count). The second-order valence-corrected chi connectivity index (χ2v) is 10.1. The summed E-state index contributed by atoms with van der Waals surface area (Å²) in [6.45, 7) is 1.45. The van der Waals surface area contributed by atoms with Crippen molar-refractivity contribution in [2.45, 2.75) is 37.1 Å². The number of rotatable bonds is 6. The first-order valence-electron chi connectivity index (χ1n) is 11.0. The van der Waals surface area contributed by atoms with Gasteiger partial charge in [-0.15, -0.1) is 0 Å². The van der Waals surface area contributed by atoms with Crippen molar-refractivity contribution in [1.82, 2.24) is 9.80 Å². The highest BCUT2D eigenvalue weighted by molar-refractivity contribution is 6.35. The second-order valence-electron chi connectivity index (χ2n) is 9.26. The number of halogens is 2. The van der Waals surface area contributed by atoms with Crippen LogP contribution >= 0.6 is 23.2 Å². The smallest absolute Gasteiger partial charge is 0.320 e. The molecule has 2 fully saturated rings. The molecule has 0 heterocycles. The summed E-state index contributed by atoms with van der Waals surface area (Å²) in [6.07, 6.45) is 4.09. The minimum Gasteiger partial charge on any atom is -0.320 e. The number of nitriles is 1. The maximum absolute atomic E-state index is 13.3. The quantitative estimate of drug-likeness (QED) is 0.582. The van der Waals surface area contributed by atoms with Gasteiger partial charge in [-0.3, -0.25) is 0 Å². The number of benzene rings is 2. The normalized spacial score (nSPS) is 23.9. The van der Waals surface area contributed by atoms with Crippen LogP contribution in [0, 0.1) is 17.2 Å². The lowest BCUT2D eigenvalue weighted by Gasteiger charge is -2.37. The molecule has 0 bridgehead atoms. The Morgan fingerprint density at radius 3 is 2.59 bits per heavy atom. The van der Waals surface area contributed by atoms with E-state index in [-0.39, 0.29) is 17.5 Å². The zero-order valence-electron chi connectivity index (χ0n) is 18.4. The fourth-order valence-corrected chi connectivity index (χ4v) is 5.65. The highest BCUT2D eigenvalue weighted by atomic mass is 35.5. The van der Waals surface area contributed by atoms with E-state index >= 15 is 0 Å². The van der Waals surface area contributed by atoms with Crippen LogP contribution in [0.4, 0.5) is 10.5 Å². The van der Waals surface area contributed by atoms with Crippen LogP contribution in [0.15, 0.2) is 42.5 Å². The second kappa shape index (κ2) is 9.31. The van der Waals surface area contributed by atoms with Crippen molar-refractivity contribution in [3.63, 3.8) is 0 Å². The van der Waals surface area contributed by atoms with Crippen LogP contribution in [0.5, 0.6) is 0 Å². The molecular formula is C25H28Cl2N4O. The highest BCUT2D eigenvalue weighted by Gasteiger charge is 2.58. The minimum absolute atomic E-state index is 0.116. The predicted molar refractivity (Wildman–Crippen MR) is 129 cm³/mol. The number of fused-ring (bicyclic) bond motifs is 1. The Hall–Kier alpha value is -2.26. The molecule has 2 aliphatic carbocycles. The Labute approximate surface area is 199 Å². The first-order chi connectivity index (χ1) is 15.3. The van der Waals surface area contributed by atoms with Crippen LogP contribution in [0.1, 0.15) is 36.8 Å². The summed E-state index contributed by atoms with van der Waals surface area (Å²) in [5.74, 6) is 0.547. The molecule has 32 heavy (non-hydrogen) atoms. The number of nitrogens with zero attached hydrogens (tertiary/aromatic N) is 3. The number of carbonyl (C=O) groups excluding carboxylic acids is 1. The third-order valence-electron chi connectivity index (χ3n) is 6.88. The molecule has 2 aromatic carbocycles. The maximum atomic E-state index is 13.3. The lowest BCUT2D eigenvalue weighted by atomic mass is 9.80. The van der Waals surface area contributed by atoms with Gasteiger partial charge in [0, 0.05) is 34.9 Å². The fraction of sp³-hybridized carbons (Fsp3) is 0.440. The van der Waals surface area contributed by atoms with Crippen molar-refractivity contribution in [3.05, 3.63) is 63.6 Å². The molecule has 2 aliphatic rings. The molecule has 1 N–H and O–H groups in total. The maximum Gasteiger partial charge on any atom is 0.322 e. The third kappa shape index (κ3) is 4.88. The van der Waals surface area contributed by atoms with Crippen LogP contribution in [0.2, 0.25) is 10.0 Å². The van der Waals surface area contributed by atoms with Crippen LogP contribution in [0.3, 0.4) is 0 Å². The summed E-state index contributed by atoms with van der Waals surface area (Å²) in [4.78, 5) is 17.3. The highest BCUT2D eigenvalue weighted by Crippen LogP contribution is 2.62. The monoisotopic (exact) mass is 470 g/mol. The van der Waals surface area contributed by atoms with Crippen molar-refractivity contribution in [2.24, 2.45) is 5.92 Å². The van der Waals surface area contributed by atoms with Crippen molar-refractivity contribution in [3.8, 4) is 6.07 Å². The molecule has 1 unspecified atom stereocenters. The lowest BCUT2D eigenvalue weighted by molar-refractivity contribution is 0.153. The van der Waals surface area contributed by atoms with Crippen LogP contribution in [-0.2, 0) is 5.41 Å². The number of nitrogens with one attached hydrogen (secondary N) is 1. The van der Waals surface area contributed by atoms with E-state index in [9.17, 15) is 10.1 Å². The van der Waals surface area contributed by atoms with Gasteiger partial charge in [-0.25, -0.2) is 4.79 Å². The molecule has 2 saturated carbocycles. The Bertz CT molecular complexity index is 1030. The average molecular weight is 471 g/mol. The number of likely N-dealkylation sites (N-methyl/N-ethyl adjacent to an activating group) is 1. The molecule has 0 aliphatic heterocycles. The first-order valence-corrected chi connectivity index (χ1v) is 11.8. The van der Waals surface area contributed by atoms with E-state index in [4.69, 9.17) is 23.2 Å². The van der Waals surface area contributed by atoms with Gasteiger partial charge in [-0.1, -0.05) is 35.3 Å². The third-order valence-corrected chi connectivity index (χ3v) is 7.32. The predicted octanol–water partition coefficient (Wildman–Crippen LogP) is 5.77. The number of carbonyl (C=O) groups is 1. The molecule has 7 heteroatoms. The van der Waals surface area contributed by atoms with E-state index in [0.717, 1.165) is 37.8 Å². The molecule has 0 aromatic heterocycles. The molecule has 2 amide bonds. The summed E-state index contributed by atoms with van der Waals surface area (Å²) in [5, 5.41) is 13.3. The van der Waals surface area contributed by atoms with Gasteiger partial charge in [-0.2, -0.15) is 5.26 Å². The number of amides is 2. The Morgan fingerprint density at radius 2 is 1.94 bits per heavy atom. The molecule has 5 nitrogen and oxygen atoms in total. The topological polar surface area (TPSA) is 59.4 Å². The summed E-state index contributed by atoms with van der Waals surface area (Å²) < 4.78 is 0. The minimum atomic E-state index is -0.116. The molecular weight excluding hydrogens is 443 g/mol. The van der Waals surface area contributed by atoms with Gasteiger partial charge in [0.15, 0.2) is 0 Å². The Kier molecular flexibility index (Phi) is 6.67. The van der Waals surface area contributed by atoms with Crippen LogP contribution in [-0.4, -0.2) is 49.1 Å². The van der Waals surface area contributed by atoms with Gasteiger partial charge in [0.1, 0.15) is 0 Å². The molecule has 2 aromatic rings. The van der Waals surface area contributed by atoms with Crippen molar-refractivity contribution < 1.29 is 4.79 Å². The SMILES string of the molecule is CN(C)CCN(C(=O)Nc1cc(Cl)cc(Cl)c1)[C@@H]1CC[C@]2(c3cccc(C#N)c3)CC2C1. The molecule has 0 spiro atoms. The standard InChI is InChI=1S/C25H28Cl2N4O/c1-30(2)8-9-31(24(32)29-22-13-20(26)12-21(27)14-22)23-6-7-25(15-19(25)11-23)18-5-3-4-17(10-18)16-28/h3-5,10,12-14,19,23H,6-9,11,15H2,1-2H3,(H,29,32)/t19?,23-,25-/m1/s1. The van der Waals surface area contributed by atoms with Gasteiger partial charge >= 0.3 is 6.03 Å². The largest absolute Gasteiger partial charge is 0.322 e. The number of urea groups is 1. The molecule has 3 atom stereocenters. The zero-order valence-corrected chi connectivity index (χ0v) is 20.0. The van der Waals surface area contributed by atoms with E-state index in [0.29, 0.717) is 28.2 Å². The van der Waals surface area contributed by atoms with E-state index in [1.165, 1.54) is 5.56 Å². The van der Waals surface area contributed by atoms with Gasteiger partial charge in [0.25, 0.3) is 0 Å². The Morgan fingerprint density at radius 1 is 1.19 bits per heavy atom. The number of hydrogen-bond acceptors (Lipinski definition) is 3. The van der Waals surface area contributed by atoms with E-state index in [2.05, 4.69) is 22.4 Å². The molecule has 0 radical (unpaired) electrons. The van der Waals surface area contributed by atoms with Crippen molar-refractivity contribution in [1.29, 1.82) is 5.26 Å². The van der Waals surface area contributed by atoms with Crippen LogP contribution in [0.25, 0.3) is 0 Å². The van der Waals surface area contributed by atoms with E-state index in [1.54, 1.807) is 18.2 Å². The Balaban J connectivity index is 1.48. The lowest BCUT2D eigenvalue weighted by Crippen LogP contribution is -2.47. The van der Waals surface area contributed by atoms with E-state index in [1.807, 2.05) is 37.2 Å². The van der Waals surface area contributed by atoms with Crippen molar-refractivity contribution in [2.75, 3.05) is 32.5 Å². The molecule has 168 valence electrons. The number of hydrogen-bond donors (Lipinski definition) is 1. The fourth-order valence-electron chi connectivity index (χ4n) is 5.12. The van der Waals surface area contributed by atoms with Crippen molar-refractivity contribution >= 4 is 34.9 Å². The number of anilines is 1. The van der Waals surface area contributed by atoms with Gasteiger partial charge in [0.2, 0.25) is 0 Å². The summed E-state index contributed by atoms with van der Waals surface area (Å²) in [6, 6.07) is 15.4. The molecule has 0 saturated heterocycles. The van der Waals surface area contributed by atoms with Gasteiger partial charge in [-0.05, 0) is 87.0 Å². The van der Waals surface area contributed by atoms with Gasteiger partial charge in [0.05, 0.1) is 11.6 Å². The first kappa shape index (κ1) is 22.9. The van der Waals surface area contributed by atoms with Crippen LogP contribution < -0.4 is 5.32 Å². The van der Waals surface area contributed by atoms with Gasteiger partial charge < -0.3 is 15.1 Å². The summed E-state index contributed by atoms with van der Waals surface area (Å²) in [7, 11) is 4.03. The summed E-state index contributed by atoms with van der Waals surface area (Å²) >= 11 is 12.2. The zero-order chi connectivity index (χ0) is 22.9.